The normalized spacial score (nSPS) is 13.2. The summed E-state index contributed by atoms with van der Waals surface area (Å²) in [4.78, 5) is 21.1. The summed E-state index contributed by atoms with van der Waals surface area (Å²) >= 11 is 3.41. The molecule has 0 atom stereocenters. The second-order valence-electron chi connectivity index (χ2n) is 6.67. The number of aromatic nitrogens is 4. The molecule has 28 heavy (non-hydrogen) atoms. The summed E-state index contributed by atoms with van der Waals surface area (Å²) in [7, 11) is 1.79. The molecule has 1 saturated carbocycles. The molecule has 1 fully saturated rings. The average molecular weight is 443 g/mol. The minimum absolute atomic E-state index is 0.282. The van der Waals surface area contributed by atoms with Crippen molar-refractivity contribution < 1.29 is 9.53 Å². The van der Waals surface area contributed by atoms with Gasteiger partial charge in [0.25, 0.3) is 5.91 Å². The van der Waals surface area contributed by atoms with Crippen molar-refractivity contribution >= 4 is 33.5 Å². The molecular formula is C19H19BrN6O2. The molecule has 1 aliphatic carbocycles. The Bertz CT molecular complexity index is 984. The van der Waals surface area contributed by atoms with Crippen LogP contribution in [-0.2, 0) is 7.05 Å². The summed E-state index contributed by atoms with van der Waals surface area (Å²) in [5, 5.41) is 10.2. The Hall–Kier alpha value is -2.94. The smallest absolute Gasteiger partial charge is 0.257 e. The van der Waals surface area contributed by atoms with Crippen LogP contribution in [0.15, 0.2) is 47.3 Å². The minimum Gasteiger partial charge on any atom is -0.437 e. The molecule has 0 unspecified atom stereocenters. The number of hydrogen-bond acceptors (Lipinski definition) is 6. The second kappa shape index (κ2) is 7.97. The maximum absolute atomic E-state index is 12.5. The van der Waals surface area contributed by atoms with Gasteiger partial charge in [-0.1, -0.05) is 15.9 Å². The maximum Gasteiger partial charge on any atom is 0.257 e. The van der Waals surface area contributed by atoms with Gasteiger partial charge in [-0.2, -0.15) is 5.10 Å². The van der Waals surface area contributed by atoms with Crippen LogP contribution in [0, 0.1) is 5.92 Å². The van der Waals surface area contributed by atoms with E-state index >= 15 is 0 Å². The number of anilines is 2. The van der Waals surface area contributed by atoms with E-state index in [1.807, 2.05) is 0 Å². The Morgan fingerprint density at radius 2 is 2.11 bits per heavy atom. The summed E-state index contributed by atoms with van der Waals surface area (Å²) in [6, 6.07) is 6.84. The third-order valence-corrected chi connectivity index (χ3v) is 4.67. The molecule has 3 aromatic rings. The highest BCUT2D eigenvalue weighted by Gasteiger charge is 2.20. The van der Waals surface area contributed by atoms with Gasteiger partial charge in [-0.3, -0.25) is 9.48 Å². The lowest BCUT2D eigenvalue weighted by Crippen LogP contribution is -2.12. The minimum atomic E-state index is -0.282. The van der Waals surface area contributed by atoms with Crippen molar-refractivity contribution in [3.63, 3.8) is 0 Å². The second-order valence-corrected chi connectivity index (χ2v) is 7.59. The summed E-state index contributed by atoms with van der Waals surface area (Å²) in [5.41, 5.74) is 0.436. The zero-order valence-electron chi connectivity index (χ0n) is 15.2. The highest BCUT2D eigenvalue weighted by molar-refractivity contribution is 9.10. The number of carbonyl (C=O) groups is 1. The molecule has 0 bridgehead atoms. The highest BCUT2D eigenvalue weighted by Crippen LogP contribution is 2.29. The highest BCUT2D eigenvalue weighted by atomic mass is 79.9. The molecule has 9 heteroatoms. The Kier molecular flexibility index (Phi) is 5.25. The van der Waals surface area contributed by atoms with Crippen molar-refractivity contribution in [2.24, 2.45) is 13.0 Å². The van der Waals surface area contributed by atoms with Gasteiger partial charge in [-0.05, 0) is 37.0 Å². The first-order valence-electron chi connectivity index (χ1n) is 8.90. The van der Waals surface area contributed by atoms with Gasteiger partial charge in [0, 0.05) is 35.9 Å². The summed E-state index contributed by atoms with van der Waals surface area (Å²) in [6.07, 6.45) is 7.52. The summed E-state index contributed by atoms with van der Waals surface area (Å²) < 4.78 is 8.10. The van der Waals surface area contributed by atoms with Gasteiger partial charge < -0.3 is 15.4 Å². The topological polar surface area (TPSA) is 94.0 Å². The summed E-state index contributed by atoms with van der Waals surface area (Å²) in [5.74, 6) is 2.52. The van der Waals surface area contributed by atoms with Crippen molar-refractivity contribution in [3.8, 4) is 11.6 Å². The zero-order valence-corrected chi connectivity index (χ0v) is 16.8. The van der Waals surface area contributed by atoms with Gasteiger partial charge in [-0.15, -0.1) is 0 Å². The van der Waals surface area contributed by atoms with E-state index in [1.165, 1.54) is 12.8 Å². The molecule has 0 spiro atoms. The Labute approximate surface area is 170 Å². The number of nitrogens with one attached hydrogen (secondary N) is 2. The van der Waals surface area contributed by atoms with Crippen LogP contribution in [0.2, 0.25) is 0 Å². The number of halogens is 1. The molecule has 2 heterocycles. The van der Waals surface area contributed by atoms with Crippen LogP contribution in [-0.4, -0.2) is 32.2 Å². The molecule has 0 aliphatic heterocycles. The molecule has 0 saturated heterocycles. The fraction of sp³-hybridized carbons (Fsp3) is 0.263. The van der Waals surface area contributed by atoms with Crippen LogP contribution >= 0.6 is 15.9 Å². The van der Waals surface area contributed by atoms with E-state index in [4.69, 9.17) is 4.74 Å². The lowest BCUT2D eigenvalue weighted by molar-refractivity contribution is 0.102. The van der Waals surface area contributed by atoms with E-state index in [-0.39, 0.29) is 5.91 Å². The third-order valence-electron chi connectivity index (χ3n) is 4.21. The zero-order chi connectivity index (χ0) is 19.5. The third kappa shape index (κ3) is 4.86. The quantitative estimate of drug-likeness (QED) is 0.577. The molecule has 1 amide bonds. The standard InChI is InChI=1S/C19H19BrN6O2/c1-26-5-4-16(25-26)24-19(27)13-6-14(20)8-15(7-13)28-18-11-22-17(10-23-18)21-9-12-2-3-12/h4-8,10-12H,2-3,9H2,1H3,(H,21,22)(H,24,25,27). The van der Waals surface area contributed by atoms with Crippen LogP contribution in [0.3, 0.4) is 0 Å². The van der Waals surface area contributed by atoms with Gasteiger partial charge in [0.15, 0.2) is 5.82 Å². The van der Waals surface area contributed by atoms with Crippen molar-refractivity contribution in [2.45, 2.75) is 12.8 Å². The molecule has 4 rings (SSSR count). The van der Waals surface area contributed by atoms with Gasteiger partial charge >= 0.3 is 0 Å². The summed E-state index contributed by atoms with van der Waals surface area (Å²) in [6.45, 7) is 0.926. The van der Waals surface area contributed by atoms with E-state index in [9.17, 15) is 4.79 Å². The van der Waals surface area contributed by atoms with Gasteiger partial charge in [0.2, 0.25) is 5.88 Å². The molecule has 1 aliphatic rings. The van der Waals surface area contributed by atoms with Crippen molar-refractivity contribution in [2.75, 3.05) is 17.2 Å². The number of amides is 1. The molecule has 2 N–H and O–H groups in total. The van der Waals surface area contributed by atoms with E-state index in [1.54, 1.807) is 54.6 Å². The van der Waals surface area contributed by atoms with Crippen LogP contribution in [0.4, 0.5) is 11.6 Å². The Balaban J connectivity index is 1.43. The SMILES string of the molecule is Cn1ccc(NC(=O)c2cc(Br)cc(Oc3cnc(NCC4CC4)cn3)c2)n1. The van der Waals surface area contributed by atoms with Crippen molar-refractivity contribution in [1.29, 1.82) is 0 Å². The molecule has 1 aromatic carbocycles. The fourth-order valence-electron chi connectivity index (χ4n) is 2.57. The first-order valence-corrected chi connectivity index (χ1v) is 9.70. The number of rotatable bonds is 7. The van der Waals surface area contributed by atoms with Crippen LogP contribution in [0.5, 0.6) is 11.6 Å². The predicted octanol–water partition coefficient (Wildman–Crippen LogP) is 3.84. The molecule has 2 aromatic heterocycles. The van der Waals surface area contributed by atoms with Gasteiger partial charge in [0.1, 0.15) is 11.6 Å². The maximum atomic E-state index is 12.5. The molecule has 0 radical (unpaired) electrons. The van der Waals surface area contributed by atoms with Gasteiger partial charge in [0.05, 0.1) is 12.4 Å². The van der Waals surface area contributed by atoms with Crippen LogP contribution in [0.25, 0.3) is 0 Å². The van der Waals surface area contributed by atoms with Crippen LogP contribution in [0.1, 0.15) is 23.2 Å². The number of carbonyl (C=O) groups excluding carboxylic acids is 1. The average Bonchev–Trinajstić information content (AvgIpc) is 3.41. The van der Waals surface area contributed by atoms with E-state index in [2.05, 4.69) is 41.6 Å². The van der Waals surface area contributed by atoms with Crippen molar-refractivity contribution in [3.05, 3.63) is 52.9 Å². The van der Waals surface area contributed by atoms with E-state index in [0.717, 1.165) is 18.3 Å². The predicted molar refractivity (Wildman–Crippen MR) is 109 cm³/mol. The fourth-order valence-corrected chi connectivity index (χ4v) is 3.05. The number of benzene rings is 1. The lowest BCUT2D eigenvalue weighted by Gasteiger charge is -2.09. The molecular weight excluding hydrogens is 424 g/mol. The molecule has 144 valence electrons. The van der Waals surface area contributed by atoms with Crippen LogP contribution < -0.4 is 15.4 Å². The first kappa shape index (κ1) is 18.4. The number of hydrogen-bond donors (Lipinski definition) is 2. The lowest BCUT2D eigenvalue weighted by atomic mass is 10.2. The number of aryl methyl sites for hydroxylation is 1. The number of ether oxygens (including phenoxy) is 1. The largest absolute Gasteiger partial charge is 0.437 e. The van der Waals surface area contributed by atoms with Crippen molar-refractivity contribution in [1.82, 2.24) is 19.7 Å². The van der Waals surface area contributed by atoms with Gasteiger partial charge in [-0.25, -0.2) is 9.97 Å². The Morgan fingerprint density at radius 3 is 2.79 bits per heavy atom. The van der Waals surface area contributed by atoms with E-state index < -0.39 is 0 Å². The monoisotopic (exact) mass is 442 g/mol. The first-order chi connectivity index (χ1) is 13.5. The number of nitrogens with zero attached hydrogens (tertiary/aromatic N) is 4. The molecule has 8 nitrogen and oxygen atoms in total. The Morgan fingerprint density at radius 1 is 1.25 bits per heavy atom. The van der Waals surface area contributed by atoms with E-state index in [0.29, 0.717) is 27.5 Å².